The van der Waals surface area contributed by atoms with Crippen molar-refractivity contribution in [2.75, 3.05) is 24.8 Å². The van der Waals surface area contributed by atoms with Crippen LogP contribution in [0.15, 0.2) is 29.4 Å². The molecule has 0 bridgehead atoms. The van der Waals surface area contributed by atoms with Gasteiger partial charge in [0, 0.05) is 17.0 Å². The molecule has 4 rings (SSSR count). The molecule has 0 unspecified atom stereocenters. The van der Waals surface area contributed by atoms with E-state index in [0.29, 0.717) is 28.9 Å². The number of esters is 1. The summed E-state index contributed by atoms with van der Waals surface area (Å²) in [5.41, 5.74) is 2.48. The van der Waals surface area contributed by atoms with Crippen molar-refractivity contribution in [3.05, 3.63) is 40.3 Å². The monoisotopic (exact) mass is 514 g/mol. The Balaban J connectivity index is 1.46. The number of methoxy groups -OCH3 is 1. The van der Waals surface area contributed by atoms with Crippen molar-refractivity contribution in [1.29, 1.82) is 0 Å². The van der Waals surface area contributed by atoms with Gasteiger partial charge in [0.2, 0.25) is 5.91 Å². The predicted molar refractivity (Wildman–Crippen MR) is 139 cm³/mol. The van der Waals surface area contributed by atoms with Crippen molar-refractivity contribution in [2.45, 2.75) is 57.7 Å². The molecule has 1 aliphatic carbocycles. The van der Waals surface area contributed by atoms with E-state index in [0.717, 1.165) is 54.8 Å². The molecule has 1 aromatic carbocycles. The number of anilines is 1. The van der Waals surface area contributed by atoms with Crippen molar-refractivity contribution < 1.29 is 19.1 Å². The summed E-state index contributed by atoms with van der Waals surface area (Å²) in [6.45, 7) is 5.25. The first kappa shape index (κ1) is 25.2. The minimum Gasteiger partial charge on any atom is -0.494 e. The lowest BCUT2D eigenvalue weighted by Crippen LogP contribution is -2.16. The quantitative estimate of drug-likeness (QED) is 0.238. The van der Waals surface area contributed by atoms with Gasteiger partial charge in [-0.05, 0) is 69.4 Å². The van der Waals surface area contributed by atoms with E-state index in [1.54, 1.807) is 0 Å². The fourth-order valence-electron chi connectivity index (χ4n) is 4.20. The molecule has 0 aliphatic heterocycles. The number of fused-ring (bicyclic) bond motifs is 1. The lowest BCUT2D eigenvalue weighted by atomic mass is 10.1. The number of nitrogens with zero attached hydrogens (tertiary/aromatic N) is 3. The van der Waals surface area contributed by atoms with E-state index in [-0.39, 0.29) is 11.7 Å². The third-order valence-corrected chi connectivity index (χ3v) is 8.03. The number of benzene rings is 1. The first-order chi connectivity index (χ1) is 17.0. The Kier molecular flexibility index (Phi) is 8.46. The highest BCUT2D eigenvalue weighted by Gasteiger charge is 2.26. The molecule has 0 atom stereocenters. The fourth-order valence-corrected chi connectivity index (χ4v) is 6.30. The zero-order valence-electron chi connectivity index (χ0n) is 20.3. The molecule has 1 aliphatic rings. The van der Waals surface area contributed by atoms with E-state index >= 15 is 0 Å². The van der Waals surface area contributed by atoms with Gasteiger partial charge in [-0.25, -0.2) is 4.79 Å². The number of ether oxygens (including phenoxy) is 2. The number of carbonyl (C=O) groups excluding carboxylic acids is 2. The van der Waals surface area contributed by atoms with Crippen LogP contribution in [0.3, 0.4) is 0 Å². The molecule has 0 saturated heterocycles. The Morgan fingerprint density at radius 2 is 1.89 bits per heavy atom. The second-order valence-electron chi connectivity index (χ2n) is 8.10. The van der Waals surface area contributed by atoms with Gasteiger partial charge in [0.05, 0.1) is 25.0 Å². The number of hydrogen-bond acceptors (Lipinski definition) is 8. The van der Waals surface area contributed by atoms with Crippen molar-refractivity contribution >= 4 is 40.0 Å². The number of thiophene rings is 1. The molecule has 0 fully saturated rings. The Hall–Kier alpha value is -2.85. The summed E-state index contributed by atoms with van der Waals surface area (Å²) < 4.78 is 12.5. The molecule has 186 valence electrons. The minimum absolute atomic E-state index is 0.157. The Labute approximate surface area is 213 Å². The Morgan fingerprint density at radius 1 is 1.11 bits per heavy atom. The number of amides is 1. The van der Waals surface area contributed by atoms with Crippen molar-refractivity contribution in [1.82, 2.24) is 14.8 Å². The van der Waals surface area contributed by atoms with Crippen molar-refractivity contribution in [2.24, 2.45) is 0 Å². The van der Waals surface area contributed by atoms with E-state index in [1.807, 2.05) is 42.7 Å². The topological polar surface area (TPSA) is 95.3 Å². The average Bonchev–Trinajstić information content (AvgIpc) is 3.35. The van der Waals surface area contributed by atoms with Crippen LogP contribution in [0, 0.1) is 0 Å². The highest BCUT2D eigenvalue weighted by atomic mass is 32.2. The van der Waals surface area contributed by atoms with Crippen LogP contribution in [-0.4, -0.2) is 46.1 Å². The molecule has 1 N–H and O–H groups in total. The molecule has 2 heterocycles. The molecule has 0 spiro atoms. The van der Waals surface area contributed by atoms with Gasteiger partial charge in [-0.15, -0.1) is 21.5 Å². The summed E-state index contributed by atoms with van der Waals surface area (Å²) in [4.78, 5) is 26.6. The first-order valence-corrected chi connectivity index (χ1v) is 13.7. The average molecular weight is 515 g/mol. The van der Waals surface area contributed by atoms with Crippen LogP contribution in [0.2, 0.25) is 0 Å². The second-order valence-corrected chi connectivity index (χ2v) is 10.2. The van der Waals surface area contributed by atoms with Crippen molar-refractivity contribution in [3.63, 3.8) is 0 Å². The summed E-state index contributed by atoms with van der Waals surface area (Å²) >= 11 is 2.82. The number of rotatable bonds is 9. The van der Waals surface area contributed by atoms with Gasteiger partial charge in [-0.1, -0.05) is 18.2 Å². The van der Waals surface area contributed by atoms with Gasteiger partial charge in [-0.2, -0.15) is 0 Å². The second kappa shape index (κ2) is 11.7. The van der Waals surface area contributed by atoms with Crippen LogP contribution in [-0.2, 0) is 28.9 Å². The van der Waals surface area contributed by atoms with Gasteiger partial charge in [0.1, 0.15) is 10.8 Å². The number of carbonyl (C=O) groups is 2. The first-order valence-electron chi connectivity index (χ1n) is 11.9. The van der Waals surface area contributed by atoms with Crippen molar-refractivity contribution in [3.8, 4) is 17.1 Å². The third kappa shape index (κ3) is 5.70. The number of hydrogen-bond donors (Lipinski definition) is 1. The van der Waals surface area contributed by atoms with E-state index in [1.165, 1.54) is 35.1 Å². The van der Waals surface area contributed by atoms with Gasteiger partial charge in [-0.3, -0.25) is 4.79 Å². The largest absolute Gasteiger partial charge is 0.494 e. The van der Waals surface area contributed by atoms with E-state index in [9.17, 15) is 9.59 Å². The van der Waals surface area contributed by atoms with E-state index < -0.39 is 5.97 Å². The summed E-state index contributed by atoms with van der Waals surface area (Å²) in [5, 5.41) is 12.9. The molecule has 2 aromatic heterocycles. The van der Waals surface area contributed by atoms with Gasteiger partial charge in [0.15, 0.2) is 11.0 Å². The number of nitrogens with one attached hydrogen (secondary N) is 1. The van der Waals surface area contributed by atoms with E-state index in [2.05, 4.69) is 15.5 Å². The molecule has 0 radical (unpaired) electrons. The van der Waals surface area contributed by atoms with Gasteiger partial charge < -0.3 is 19.4 Å². The summed E-state index contributed by atoms with van der Waals surface area (Å²) in [5.74, 6) is 1.13. The molecular formula is C25H30N4O4S2. The minimum atomic E-state index is -0.391. The molecule has 10 heteroatoms. The zero-order chi connectivity index (χ0) is 24.8. The molecule has 35 heavy (non-hydrogen) atoms. The van der Waals surface area contributed by atoms with E-state index in [4.69, 9.17) is 9.47 Å². The molecule has 8 nitrogen and oxygen atoms in total. The standard InChI is InChI=1S/C25H30N4O4S2/c1-4-29-22(16-11-13-17(14-12-16)33-5-2)27-28-25(29)34-15-20(30)26-23-21(24(31)32-3)18-9-7-6-8-10-19(18)35-23/h11-14H,4-10,15H2,1-3H3,(H,26,30). The van der Waals surface area contributed by atoms with Crippen LogP contribution < -0.4 is 10.1 Å². The smallest absolute Gasteiger partial charge is 0.341 e. The van der Waals surface area contributed by atoms with Crippen LogP contribution in [0.5, 0.6) is 5.75 Å². The van der Waals surface area contributed by atoms with Crippen LogP contribution in [0.4, 0.5) is 5.00 Å². The lowest BCUT2D eigenvalue weighted by Gasteiger charge is -2.09. The number of thioether (sulfide) groups is 1. The highest BCUT2D eigenvalue weighted by Crippen LogP contribution is 2.38. The van der Waals surface area contributed by atoms with Crippen LogP contribution in [0.1, 0.15) is 53.9 Å². The lowest BCUT2D eigenvalue weighted by molar-refractivity contribution is -0.113. The third-order valence-electron chi connectivity index (χ3n) is 5.85. The fraction of sp³-hybridized carbons (Fsp3) is 0.440. The van der Waals surface area contributed by atoms with Gasteiger partial charge in [0.25, 0.3) is 0 Å². The number of aromatic nitrogens is 3. The zero-order valence-corrected chi connectivity index (χ0v) is 21.9. The molecule has 3 aromatic rings. The number of aryl methyl sites for hydroxylation is 1. The normalized spacial score (nSPS) is 13.1. The Morgan fingerprint density at radius 3 is 2.60 bits per heavy atom. The summed E-state index contributed by atoms with van der Waals surface area (Å²) in [7, 11) is 1.38. The predicted octanol–water partition coefficient (Wildman–Crippen LogP) is 5.21. The molecule has 0 saturated carbocycles. The molecule has 1 amide bonds. The van der Waals surface area contributed by atoms with Crippen LogP contribution in [0.25, 0.3) is 11.4 Å². The SMILES string of the molecule is CCOc1ccc(-c2nnc(SCC(=O)Nc3sc4c(c3C(=O)OC)CCCCC4)n2CC)cc1. The maximum atomic E-state index is 12.9. The molecular weight excluding hydrogens is 484 g/mol. The summed E-state index contributed by atoms with van der Waals surface area (Å²) in [6.07, 6.45) is 5.07. The maximum Gasteiger partial charge on any atom is 0.341 e. The maximum absolute atomic E-state index is 12.9. The van der Waals surface area contributed by atoms with Crippen LogP contribution >= 0.6 is 23.1 Å². The Bertz CT molecular complexity index is 1190. The summed E-state index contributed by atoms with van der Waals surface area (Å²) in [6, 6.07) is 7.74. The van der Waals surface area contributed by atoms with Gasteiger partial charge >= 0.3 is 5.97 Å². The highest BCUT2D eigenvalue weighted by molar-refractivity contribution is 7.99.